The molecule has 3 unspecified atom stereocenters. The van der Waals surface area contributed by atoms with Crippen LogP contribution in [0.2, 0.25) is 0 Å². The summed E-state index contributed by atoms with van der Waals surface area (Å²) >= 11 is 0. The smallest absolute Gasteiger partial charge is 0.351 e. The van der Waals surface area contributed by atoms with E-state index in [9.17, 15) is 14.7 Å². The summed E-state index contributed by atoms with van der Waals surface area (Å²) < 4.78 is 6.56. The number of hydrogen-bond donors (Lipinski definition) is 8. The van der Waals surface area contributed by atoms with Gasteiger partial charge in [0.15, 0.2) is 6.10 Å². The van der Waals surface area contributed by atoms with Crippen LogP contribution in [0.5, 0.6) is 0 Å². The van der Waals surface area contributed by atoms with Gasteiger partial charge in [0, 0.05) is 12.6 Å². The molecule has 0 bridgehead atoms. The topological polar surface area (TPSA) is 229 Å². The molecule has 0 aliphatic carbocycles. The highest BCUT2D eigenvalue weighted by atomic mass is 16.5. The molecule has 1 fully saturated rings. The minimum Gasteiger partial charge on any atom is -0.479 e. The first-order valence-electron chi connectivity index (χ1n) is 7.79. The summed E-state index contributed by atoms with van der Waals surface area (Å²) in [5, 5.41) is 60.7. The van der Waals surface area contributed by atoms with Gasteiger partial charge in [0.25, 0.3) is 0 Å². The van der Waals surface area contributed by atoms with E-state index in [1.54, 1.807) is 0 Å². The third kappa shape index (κ3) is 6.21. The lowest BCUT2D eigenvalue weighted by Gasteiger charge is -2.17. The van der Waals surface area contributed by atoms with Crippen molar-refractivity contribution >= 4 is 11.8 Å². The summed E-state index contributed by atoms with van der Waals surface area (Å²) in [4.78, 5) is 25.0. The number of carbonyl (C=O) groups is 1. The number of ether oxygens (including phenoxy) is 1. The highest BCUT2D eigenvalue weighted by molar-refractivity contribution is 5.72. The summed E-state index contributed by atoms with van der Waals surface area (Å²) in [5.41, 5.74) is 4.82. The zero-order chi connectivity index (χ0) is 20.7. The van der Waals surface area contributed by atoms with Gasteiger partial charge in [-0.2, -0.15) is 4.98 Å². The monoisotopic (exact) mass is 393 g/mol. The molecule has 1 saturated heterocycles. The number of rotatable bonds is 6. The Morgan fingerprint density at radius 1 is 1.37 bits per heavy atom. The maximum Gasteiger partial charge on any atom is 0.351 e. The second kappa shape index (κ2) is 10.3. The number of anilines is 1. The van der Waals surface area contributed by atoms with E-state index >= 15 is 0 Å². The van der Waals surface area contributed by atoms with Crippen molar-refractivity contribution < 1.29 is 45.3 Å². The molecule has 27 heavy (non-hydrogen) atoms. The molecule has 2 heterocycles. The lowest BCUT2D eigenvalue weighted by atomic mass is 10.1. The number of aliphatic hydroxyl groups excluding tert-OH is 6. The van der Waals surface area contributed by atoms with Gasteiger partial charge in [-0.25, -0.2) is 9.59 Å². The summed E-state index contributed by atoms with van der Waals surface area (Å²) in [6.07, 6.45) is -5.91. The van der Waals surface area contributed by atoms with Crippen LogP contribution in [-0.2, 0) is 9.53 Å². The Hall–Kier alpha value is -2.13. The Bertz CT molecular complexity index is 669. The molecule has 2 rings (SSSR count). The van der Waals surface area contributed by atoms with E-state index < -0.39 is 55.0 Å². The highest BCUT2D eigenvalue weighted by Crippen LogP contribution is 2.27. The molecule has 1 aliphatic rings. The average Bonchev–Trinajstić information content (AvgIpc) is 3.00. The molecular formula is C14H23N3O10. The predicted molar refractivity (Wildman–Crippen MR) is 87.3 cm³/mol. The van der Waals surface area contributed by atoms with Crippen LogP contribution in [0, 0.1) is 0 Å². The minimum atomic E-state index is -2.07. The fourth-order valence-electron chi connectivity index (χ4n) is 2.16. The van der Waals surface area contributed by atoms with Gasteiger partial charge in [-0.05, 0) is 6.07 Å². The van der Waals surface area contributed by atoms with Crippen LogP contribution in [0.25, 0.3) is 0 Å². The van der Waals surface area contributed by atoms with E-state index in [0.29, 0.717) is 0 Å². The van der Waals surface area contributed by atoms with Crippen LogP contribution >= 0.6 is 0 Å². The van der Waals surface area contributed by atoms with E-state index in [-0.39, 0.29) is 18.8 Å². The molecule has 6 atom stereocenters. The van der Waals surface area contributed by atoms with Crippen molar-refractivity contribution in [2.75, 3.05) is 18.9 Å². The van der Waals surface area contributed by atoms with Crippen molar-refractivity contribution in [1.29, 1.82) is 0 Å². The maximum absolute atomic E-state index is 11.5. The molecule has 13 nitrogen and oxygen atoms in total. The van der Waals surface area contributed by atoms with Crippen molar-refractivity contribution in [3.8, 4) is 0 Å². The number of aromatic nitrogens is 2. The van der Waals surface area contributed by atoms with Gasteiger partial charge in [-0.1, -0.05) is 0 Å². The van der Waals surface area contributed by atoms with Crippen molar-refractivity contribution in [3.63, 3.8) is 0 Å². The van der Waals surface area contributed by atoms with Crippen LogP contribution in [0.4, 0.5) is 5.82 Å². The molecule has 0 spiro atoms. The number of nitrogens with two attached hydrogens (primary N) is 1. The number of nitrogens with zero attached hydrogens (tertiary/aromatic N) is 2. The molecule has 0 radical (unpaired) electrons. The lowest BCUT2D eigenvalue weighted by molar-refractivity contribution is -0.159. The van der Waals surface area contributed by atoms with Gasteiger partial charge in [-0.15, -0.1) is 0 Å². The number of carboxylic acid groups (broad SMARTS) is 1. The second-order valence-electron chi connectivity index (χ2n) is 5.68. The quantitative estimate of drug-likeness (QED) is 0.229. The summed E-state index contributed by atoms with van der Waals surface area (Å²) in [6.45, 7) is -1.08. The van der Waals surface area contributed by atoms with Gasteiger partial charge >= 0.3 is 11.7 Å². The van der Waals surface area contributed by atoms with E-state index in [1.807, 2.05) is 0 Å². The van der Waals surface area contributed by atoms with E-state index in [0.717, 1.165) is 0 Å². The molecule has 0 saturated carbocycles. The van der Waals surface area contributed by atoms with E-state index in [4.69, 9.17) is 41.1 Å². The second-order valence-corrected chi connectivity index (χ2v) is 5.68. The molecule has 1 aromatic rings. The number of aliphatic carboxylic acids is 1. The maximum atomic E-state index is 11.5. The van der Waals surface area contributed by atoms with Gasteiger partial charge in [0.1, 0.15) is 30.4 Å². The minimum absolute atomic E-state index is 0.138. The number of hydrogen-bond acceptors (Lipinski definition) is 11. The Labute approximate surface area is 152 Å². The standard InChI is InChI=1S/C9H13N3O4.C5H10O6/c10-7-1-2-12(9(15)11-7)8-3-5(14)6(4-13)16-8;6-1-2(7)3(8)4(9)5(10)11/h1-2,5-6,8,13-14H,3-4H2,(H2,10,11,15);2-4,6-9H,1H2,(H,10,11)/t5-,6+,8+;/m0./s1. The van der Waals surface area contributed by atoms with E-state index in [1.165, 1.54) is 16.8 Å². The molecule has 0 amide bonds. The summed E-state index contributed by atoms with van der Waals surface area (Å²) in [5.74, 6) is -1.51. The molecular weight excluding hydrogens is 370 g/mol. The molecule has 0 aromatic carbocycles. The van der Waals surface area contributed by atoms with Crippen molar-refractivity contribution in [2.45, 2.75) is 43.2 Å². The lowest BCUT2D eigenvalue weighted by Crippen LogP contribution is -2.43. The van der Waals surface area contributed by atoms with Crippen molar-refractivity contribution in [2.24, 2.45) is 0 Å². The van der Waals surface area contributed by atoms with E-state index in [2.05, 4.69) is 4.98 Å². The van der Waals surface area contributed by atoms with Gasteiger partial charge in [-0.3, -0.25) is 4.57 Å². The van der Waals surface area contributed by atoms with Crippen LogP contribution in [0.3, 0.4) is 0 Å². The first-order chi connectivity index (χ1) is 12.6. The normalized spacial score (nSPS) is 25.2. The van der Waals surface area contributed by atoms with Crippen LogP contribution < -0.4 is 11.4 Å². The third-order valence-corrected chi connectivity index (χ3v) is 3.70. The summed E-state index contributed by atoms with van der Waals surface area (Å²) in [6, 6.07) is 1.48. The highest BCUT2D eigenvalue weighted by Gasteiger charge is 2.34. The van der Waals surface area contributed by atoms with Crippen LogP contribution in [-0.4, -0.2) is 95.0 Å². The SMILES string of the molecule is Nc1ccn([C@H]2C[C@H](O)[C@@H](CO)O2)c(=O)n1.O=C(O)C(O)C(O)C(O)CO. The number of carboxylic acids is 1. The molecule has 13 heteroatoms. The Kier molecular flexibility index (Phi) is 8.71. The van der Waals surface area contributed by atoms with Gasteiger partial charge in [0.05, 0.1) is 19.3 Å². The average molecular weight is 393 g/mol. The van der Waals surface area contributed by atoms with Crippen LogP contribution in [0.1, 0.15) is 12.6 Å². The Morgan fingerprint density at radius 2 is 2.00 bits per heavy atom. The zero-order valence-electron chi connectivity index (χ0n) is 14.1. The number of nitrogen functional groups attached to an aromatic ring is 1. The van der Waals surface area contributed by atoms with Crippen molar-refractivity contribution in [1.82, 2.24) is 9.55 Å². The van der Waals surface area contributed by atoms with Crippen molar-refractivity contribution in [3.05, 3.63) is 22.7 Å². The Balaban J connectivity index is 0.000000293. The Morgan fingerprint density at radius 3 is 2.44 bits per heavy atom. The number of aliphatic hydroxyl groups is 6. The zero-order valence-corrected chi connectivity index (χ0v) is 14.1. The fraction of sp³-hybridized carbons (Fsp3) is 0.643. The van der Waals surface area contributed by atoms with Gasteiger partial charge in [0.2, 0.25) is 0 Å². The van der Waals surface area contributed by atoms with Crippen LogP contribution in [0.15, 0.2) is 17.1 Å². The van der Waals surface area contributed by atoms with Gasteiger partial charge < -0.3 is 46.2 Å². The largest absolute Gasteiger partial charge is 0.479 e. The summed E-state index contributed by atoms with van der Waals surface area (Å²) in [7, 11) is 0. The third-order valence-electron chi connectivity index (χ3n) is 3.70. The fourth-order valence-corrected chi connectivity index (χ4v) is 2.16. The predicted octanol–water partition coefficient (Wildman–Crippen LogP) is -4.39. The molecule has 154 valence electrons. The molecule has 1 aromatic heterocycles. The molecule has 9 N–H and O–H groups in total. The first kappa shape index (κ1) is 22.9. The molecule has 1 aliphatic heterocycles. The first-order valence-corrected chi connectivity index (χ1v) is 7.79.